The first-order chi connectivity index (χ1) is 11.0. The van der Waals surface area contributed by atoms with Crippen LogP contribution in [0.25, 0.3) is 0 Å². The molecule has 2 aromatic carbocycles. The Hall–Kier alpha value is -1.36. The lowest BCUT2D eigenvalue weighted by molar-refractivity contribution is 0.396. The van der Waals surface area contributed by atoms with Crippen molar-refractivity contribution in [2.45, 2.75) is 37.1 Å². The van der Waals surface area contributed by atoms with Gasteiger partial charge in [-0.2, -0.15) is 4.31 Å². The largest absolute Gasteiger partial charge is 0.243 e. The predicted octanol–water partition coefficient (Wildman–Crippen LogP) is 4.43. The molecule has 1 saturated heterocycles. The number of rotatable bonds is 4. The summed E-state index contributed by atoms with van der Waals surface area (Å²) in [7, 11) is -3.47. The summed E-state index contributed by atoms with van der Waals surface area (Å²) in [6.45, 7) is 2.62. The topological polar surface area (TPSA) is 37.4 Å². The van der Waals surface area contributed by atoms with Crippen molar-refractivity contribution in [2.75, 3.05) is 6.54 Å². The van der Waals surface area contributed by atoms with Crippen molar-refractivity contribution in [1.29, 1.82) is 0 Å². The van der Waals surface area contributed by atoms with Crippen LogP contribution >= 0.6 is 11.6 Å². The fourth-order valence-electron chi connectivity index (χ4n) is 3.08. The van der Waals surface area contributed by atoms with E-state index in [1.54, 1.807) is 16.4 Å². The van der Waals surface area contributed by atoms with E-state index >= 15 is 0 Å². The van der Waals surface area contributed by atoms with E-state index in [0.717, 1.165) is 30.4 Å². The molecule has 122 valence electrons. The molecule has 2 aromatic rings. The SMILES string of the molecule is CCc1ccc(S(=O)(=O)N2CCC[C@@H]2c2ccc(Cl)cc2)cc1. The summed E-state index contributed by atoms with van der Waals surface area (Å²) in [5.74, 6) is 0. The molecule has 3 rings (SSSR count). The molecule has 0 N–H and O–H groups in total. The first-order valence-electron chi connectivity index (χ1n) is 7.88. The van der Waals surface area contributed by atoms with E-state index in [9.17, 15) is 8.42 Å². The number of nitrogens with zero attached hydrogens (tertiary/aromatic N) is 1. The Morgan fingerprint density at radius 3 is 2.35 bits per heavy atom. The molecular weight excluding hydrogens is 330 g/mol. The lowest BCUT2D eigenvalue weighted by atomic mass is 10.1. The van der Waals surface area contributed by atoms with Crippen LogP contribution in [0, 0.1) is 0 Å². The highest BCUT2D eigenvalue weighted by molar-refractivity contribution is 7.89. The van der Waals surface area contributed by atoms with Crippen molar-refractivity contribution in [3.63, 3.8) is 0 Å². The Labute approximate surface area is 142 Å². The van der Waals surface area contributed by atoms with Gasteiger partial charge in [-0.3, -0.25) is 0 Å². The van der Waals surface area contributed by atoms with Crippen LogP contribution < -0.4 is 0 Å². The smallest absolute Gasteiger partial charge is 0.207 e. The molecule has 3 nitrogen and oxygen atoms in total. The average molecular weight is 350 g/mol. The minimum atomic E-state index is -3.47. The maximum absolute atomic E-state index is 13.0. The Balaban J connectivity index is 1.92. The van der Waals surface area contributed by atoms with Gasteiger partial charge in [0.15, 0.2) is 0 Å². The van der Waals surface area contributed by atoms with E-state index in [4.69, 9.17) is 11.6 Å². The lowest BCUT2D eigenvalue weighted by Crippen LogP contribution is -2.30. The van der Waals surface area contributed by atoms with Gasteiger partial charge in [0.1, 0.15) is 0 Å². The highest BCUT2D eigenvalue weighted by Gasteiger charge is 2.36. The summed E-state index contributed by atoms with van der Waals surface area (Å²) in [5, 5.41) is 0.663. The third-order valence-corrected chi connectivity index (χ3v) is 6.57. The second-order valence-corrected chi connectivity index (χ2v) is 8.15. The number of halogens is 1. The fourth-order valence-corrected chi connectivity index (χ4v) is 4.89. The van der Waals surface area contributed by atoms with Gasteiger partial charge in [0.05, 0.1) is 10.9 Å². The zero-order chi connectivity index (χ0) is 16.4. The molecule has 1 aliphatic heterocycles. The number of aryl methyl sites for hydroxylation is 1. The molecule has 0 saturated carbocycles. The van der Waals surface area contributed by atoms with Gasteiger partial charge in [-0.1, -0.05) is 42.8 Å². The molecule has 0 amide bonds. The molecule has 0 aliphatic carbocycles. The highest BCUT2D eigenvalue weighted by atomic mass is 35.5. The minimum absolute atomic E-state index is 0.108. The molecule has 0 radical (unpaired) electrons. The van der Waals surface area contributed by atoms with E-state index in [2.05, 4.69) is 6.92 Å². The van der Waals surface area contributed by atoms with Crippen LogP contribution in [0.1, 0.15) is 36.9 Å². The molecular formula is C18H20ClNO2S. The zero-order valence-corrected chi connectivity index (χ0v) is 14.6. The first-order valence-corrected chi connectivity index (χ1v) is 9.70. The second-order valence-electron chi connectivity index (χ2n) is 5.82. The van der Waals surface area contributed by atoms with Crippen molar-refractivity contribution in [1.82, 2.24) is 4.31 Å². The van der Waals surface area contributed by atoms with E-state index < -0.39 is 10.0 Å². The van der Waals surface area contributed by atoms with E-state index in [-0.39, 0.29) is 6.04 Å². The average Bonchev–Trinajstić information content (AvgIpc) is 3.06. The van der Waals surface area contributed by atoms with Gasteiger partial charge in [-0.05, 0) is 54.7 Å². The Kier molecular flexibility index (Phi) is 4.76. The van der Waals surface area contributed by atoms with Gasteiger partial charge in [0.2, 0.25) is 10.0 Å². The first kappa shape index (κ1) is 16.5. The summed E-state index contributed by atoms with van der Waals surface area (Å²) in [6, 6.07) is 14.6. The zero-order valence-electron chi connectivity index (χ0n) is 13.1. The van der Waals surface area contributed by atoms with Crippen LogP contribution in [0.5, 0.6) is 0 Å². The number of sulfonamides is 1. The van der Waals surface area contributed by atoms with Gasteiger partial charge < -0.3 is 0 Å². The second kappa shape index (κ2) is 6.63. The molecule has 1 heterocycles. The summed E-state index contributed by atoms with van der Waals surface area (Å²) in [4.78, 5) is 0.371. The van der Waals surface area contributed by atoms with Crippen LogP contribution in [0.15, 0.2) is 53.4 Å². The fraction of sp³-hybridized carbons (Fsp3) is 0.333. The van der Waals surface area contributed by atoms with Crippen molar-refractivity contribution >= 4 is 21.6 Å². The number of hydrogen-bond acceptors (Lipinski definition) is 2. The Morgan fingerprint density at radius 2 is 1.74 bits per heavy atom. The van der Waals surface area contributed by atoms with Crippen molar-refractivity contribution in [3.05, 3.63) is 64.7 Å². The van der Waals surface area contributed by atoms with Gasteiger partial charge in [0, 0.05) is 11.6 Å². The maximum Gasteiger partial charge on any atom is 0.243 e. The summed E-state index contributed by atoms with van der Waals surface area (Å²) >= 11 is 5.94. The van der Waals surface area contributed by atoms with Crippen LogP contribution in [-0.2, 0) is 16.4 Å². The van der Waals surface area contributed by atoms with Gasteiger partial charge in [0.25, 0.3) is 0 Å². The normalized spacial score (nSPS) is 19.1. The Morgan fingerprint density at radius 1 is 1.09 bits per heavy atom. The van der Waals surface area contributed by atoms with E-state index in [0.29, 0.717) is 16.5 Å². The quantitative estimate of drug-likeness (QED) is 0.818. The van der Waals surface area contributed by atoms with Crippen molar-refractivity contribution in [2.24, 2.45) is 0 Å². The number of benzene rings is 2. The van der Waals surface area contributed by atoms with Crippen molar-refractivity contribution in [3.8, 4) is 0 Å². The van der Waals surface area contributed by atoms with Crippen LogP contribution in [0.4, 0.5) is 0 Å². The van der Waals surface area contributed by atoms with Crippen LogP contribution in [-0.4, -0.2) is 19.3 Å². The summed E-state index contributed by atoms with van der Waals surface area (Å²) < 4.78 is 27.6. The number of hydrogen-bond donors (Lipinski definition) is 0. The highest BCUT2D eigenvalue weighted by Crippen LogP contribution is 2.36. The monoisotopic (exact) mass is 349 g/mol. The van der Waals surface area contributed by atoms with Crippen molar-refractivity contribution < 1.29 is 8.42 Å². The molecule has 0 unspecified atom stereocenters. The molecule has 5 heteroatoms. The summed E-state index contributed by atoms with van der Waals surface area (Å²) in [5.41, 5.74) is 2.14. The third-order valence-electron chi connectivity index (χ3n) is 4.40. The predicted molar refractivity (Wildman–Crippen MR) is 93.1 cm³/mol. The molecule has 1 atom stereocenters. The third kappa shape index (κ3) is 3.30. The minimum Gasteiger partial charge on any atom is -0.207 e. The molecule has 1 fully saturated rings. The van der Waals surface area contributed by atoms with Crippen LogP contribution in [0.3, 0.4) is 0 Å². The maximum atomic E-state index is 13.0. The van der Waals surface area contributed by atoms with Gasteiger partial charge >= 0.3 is 0 Å². The van der Waals surface area contributed by atoms with Gasteiger partial charge in [-0.15, -0.1) is 0 Å². The van der Waals surface area contributed by atoms with E-state index in [1.807, 2.05) is 36.4 Å². The summed E-state index contributed by atoms with van der Waals surface area (Å²) in [6.07, 6.45) is 2.62. The molecule has 0 aromatic heterocycles. The van der Waals surface area contributed by atoms with E-state index in [1.165, 1.54) is 0 Å². The standard InChI is InChI=1S/C18H20ClNO2S/c1-2-14-5-11-17(12-6-14)23(21,22)20-13-3-4-18(20)15-7-9-16(19)10-8-15/h5-12,18H,2-4,13H2,1H3/t18-/m1/s1. The Bertz CT molecular complexity index is 770. The van der Waals surface area contributed by atoms with Gasteiger partial charge in [-0.25, -0.2) is 8.42 Å². The molecule has 1 aliphatic rings. The molecule has 23 heavy (non-hydrogen) atoms. The molecule has 0 bridgehead atoms. The van der Waals surface area contributed by atoms with Crippen LogP contribution in [0.2, 0.25) is 5.02 Å². The molecule has 0 spiro atoms. The lowest BCUT2D eigenvalue weighted by Gasteiger charge is -2.24.